The van der Waals surface area contributed by atoms with E-state index in [0.29, 0.717) is 0 Å². The second-order valence-electron chi connectivity index (χ2n) is 7.29. The number of hydrogen-bond acceptors (Lipinski definition) is 5. The number of rotatable bonds is 4. The van der Waals surface area contributed by atoms with Crippen LogP contribution in [0, 0.1) is 0 Å². The number of carbonyl (C=O) groups excluding carboxylic acids is 3. The highest BCUT2D eigenvalue weighted by molar-refractivity contribution is 6.32. The first-order valence-corrected chi connectivity index (χ1v) is 9.17. The van der Waals surface area contributed by atoms with Gasteiger partial charge in [-0.15, -0.1) is 0 Å². The Hall–Kier alpha value is -3.88. The molecular formula is C21H21N3O6. The number of carboxylic acid groups (broad SMARTS) is 1. The van der Waals surface area contributed by atoms with E-state index in [1.807, 2.05) is 53.8 Å². The van der Waals surface area contributed by atoms with Crippen molar-refractivity contribution < 1.29 is 29.0 Å². The molecule has 0 fully saturated rings. The fraction of sp³-hybridized carbons (Fsp3) is 0.238. The molecule has 0 spiro atoms. The van der Waals surface area contributed by atoms with Crippen molar-refractivity contribution in [2.45, 2.75) is 25.3 Å². The first-order chi connectivity index (χ1) is 14.2. The minimum atomic E-state index is -1.72. The molecule has 0 aliphatic heterocycles. The van der Waals surface area contributed by atoms with E-state index in [2.05, 4.69) is 10.9 Å². The van der Waals surface area contributed by atoms with E-state index in [0.717, 1.165) is 22.3 Å². The molecule has 2 aromatic carbocycles. The number of fused-ring (bicyclic) bond motifs is 3. The molecule has 156 valence electrons. The summed E-state index contributed by atoms with van der Waals surface area (Å²) in [7, 11) is 0. The molecule has 0 heterocycles. The lowest BCUT2D eigenvalue weighted by Gasteiger charge is -2.24. The number of nitrogens with one attached hydrogen (secondary N) is 3. The molecule has 0 unspecified atom stereocenters. The maximum atomic E-state index is 12.1. The average Bonchev–Trinajstić information content (AvgIpc) is 3.04. The van der Waals surface area contributed by atoms with Crippen LogP contribution in [0.3, 0.4) is 0 Å². The molecule has 4 N–H and O–H groups in total. The summed E-state index contributed by atoms with van der Waals surface area (Å²) in [6.07, 6.45) is -0.884. The molecular weight excluding hydrogens is 390 g/mol. The zero-order valence-electron chi connectivity index (χ0n) is 16.4. The third kappa shape index (κ3) is 4.24. The Morgan fingerprint density at radius 2 is 1.47 bits per heavy atom. The van der Waals surface area contributed by atoms with Gasteiger partial charge in [0.1, 0.15) is 12.1 Å². The summed E-state index contributed by atoms with van der Waals surface area (Å²) < 4.78 is 5.28. The molecule has 30 heavy (non-hydrogen) atoms. The van der Waals surface area contributed by atoms with Crippen LogP contribution >= 0.6 is 0 Å². The molecule has 3 rings (SSSR count). The highest BCUT2D eigenvalue weighted by Crippen LogP contribution is 2.44. The number of hydrogen-bond donors (Lipinski definition) is 4. The van der Waals surface area contributed by atoms with Gasteiger partial charge in [0.2, 0.25) is 0 Å². The van der Waals surface area contributed by atoms with Crippen LogP contribution in [0.5, 0.6) is 0 Å². The Bertz CT molecular complexity index is 972. The fourth-order valence-electron chi connectivity index (χ4n) is 3.29. The van der Waals surface area contributed by atoms with Crippen LogP contribution in [-0.2, 0) is 19.1 Å². The highest BCUT2D eigenvalue weighted by Gasteiger charge is 2.32. The minimum absolute atomic E-state index is 0.0644. The smallest absolute Gasteiger partial charge is 0.426 e. The lowest BCUT2D eigenvalue weighted by atomic mass is 9.98. The zero-order valence-corrected chi connectivity index (χ0v) is 16.4. The van der Waals surface area contributed by atoms with Crippen molar-refractivity contribution in [3.8, 4) is 11.1 Å². The zero-order chi connectivity index (χ0) is 21.9. The summed E-state index contributed by atoms with van der Waals surface area (Å²) in [6, 6.07) is 15.7. The average molecular weight is 411 g/mol. The molecule has 3 amide bonds. The predicted molar refractivity (Wildman–Crippen MR) is 106 cm³/mol. The predicted octanol–water partition coefficient (Wildman–Crippen LogP) is 1.54. The van der Waals surface area contributed by atoms with Gasteiger partial charge in [0, 0.05) is 5.92 Å². The van der Waals surface area contributed by atoms with Gasteiger partial charge in [0.15, 0.2) is 0 Å². The molecule has 0 saturated heterocycles. The summed E-state index contributed by atoms with van der Waals surface area (Å²) in [6.45, 7) is 2.65. The van der Waals surface area contributed by atoms with Gasteiger partial charge in [-0.05, 0) is 36.1 Å². The van der Waals surface area contributed by atoms with Crippen molar-refractivity contribution in [2.75, 3.05) is 6.61 Å². The first-order valence-electron chi connectivity index (χ1n) is 9.17. The number of carboxylic acids is 1. The number of carbonyl (C=O) groups is 4. The van der Waals surface area contributed by atoms with Crippen LogP contribution < -0.4 is 16.2 Å². The molecule has 9 heteroatoms. The van der Waals surface area contributed by atoms with Gasteiger partial charge in [0.05, 0.1) is 0 Å². The minimum Gasteiger partial charge on any atom is -0.474 e. The van der Waals surface area contributed by atoms with Gasteiger partial charge in [-0.3, -0.25) is 15.0 Å². The van der Waals surface area contributed by atoms with E-state index < -0.39 is 29.4 Å². The lowest BCUT2D eigenvalue weighted by molar-refractivity contribution is -0.151. The summed E-state index contributed by atoms with van der Waals surface area (Å²) in [5.74, 6) is -4.01. The van der Waals surface area contributed by atoms with Gasteiger partial charge < -0.3 is 15.2 Å². The van der Waals surface area contributed by atoms with E-state index in [1.165, 1.54) is 13.8 Å². The maximum Gasteiger partial charge on any atom is 0.426 e. The van der Waals surface area contributed by atoms with E-state index in [4.69, 9.17) is 9.84 Å². The van der Waals surface area contributed by atoms with Gasteiger partial charge in [-0.1, -0.05) is 48.5 Å². The Kier molecular flexibility index (Phi) is 5.72. The topological polar surface area (TPSA) is 134 Å². The molecule has 2 aromatic rings. The van der Waals surface area contributed by atoms with E-state index in [9.17, 15) is 19.2 Å². The van der Waals surface area contributed by atoms with Crippen molar-refractivity contribution in [2.24, 2.45) is 0 Å². The molecule has 0 aromatic heterocycles. The first kappa shape index (κ1) is 20.8. The molecule has 0 bridgehead atoms. The standard InChI is InChI=1S/C21H21N3O6/c1-21(2,22-17(25)18(26)27)19(28)23-24-20(29)30-11-16-14-9-5-3-7-12(14)13-8-4-6-10-15(13)16/h3-10,16H,11H2,1-2H3,(H,22,25)(H,23,28)(H,24,29)(H,26,27). The van der Waals surface area contributed by atoms with E-state index >= 15 is 0 Å². The van der Waals surface area contributed by atoms with Crippen LogP contribution in [0.25, 0.3) is 11.1 Å². The van der Waals surface area contributed by atoms with Gasteiger partial charge in [0.25, 0.3) is 5.91 Å². The number of ether oxygens (including phenoxy) is 1. The third-order valence-electron chi connectivity index (χ3n) is 4.81. The SMILES string of the molecule is CC(C)(NC(=O)C(=O)O)C(=O)NNC(=O)OCC1c2ccccc2-c2ccccc21. The van der Waals surface area contributed by atoms with Crippen molar-refractivity contribution in [1.82, 2.24) is 16.2 Å². The van der Waals surface area contributed by atoms with Gasteiger partial charge >= 0.3 is 18.0 Å². The number of aliphatic carboxylic acids is 1. The second-order valence-corrected chi connectivity index (χ2v) is 7.29. The van der Waals surface area contributed by atoms with Crippen LogP contribution in [0.4, 0.5) is 4.79 Å². The van der Waals surface area contributed by atoms with Crippen LogP contribution in [0.1, 0.15) is 30.9 Å². The van der Waals surface area contributed by atoms with Crippen molar-refractivity contribution >= 4 is 23.9 Å². The quantitative estimate of drug-likeness (QED) is 0.445. The summed E-state index contributed by atoms with van der Waals surface area (Å²) in [5, 5.41) is 10.7. The fourth-order valence-corrected chi connectivity index (χ4v) is 3.29. The maximum absolute atomic E-state index is 12.1. The summed E-state index contributed by atoms with van der Waals surface area (Å²) in [4.78, 5) is 46.0. The Morgan fingerprint density at radius 3 is 2.00 bits per heavy atom. The van der Waals surface area contributed by atoms with Crippen molar-refractivity contribution in [1.29, 1.82) is 0 Å². The number of hydrazine groups is 1. The van der Waals surface area contributed by atoms with Crippen molar-refractivity contribution in [3.05, 3.63) is 59.7 Å². The van der Waals surface area contributed by atoms with E-state index in [1.54, 1.807) is 0 Å². The third-order valence-corrected chi connectivity index (χ3v) is 4.81. The molecule has 1 aliphatic carbocycles. The van der Waals surface area contributed by atoms with Gasteiger partial charge in [-0.25, -0.2) is 15.0 Å². The molecule has 9 nitrogen and oxygen atoms in total. The Labute approximate surface area is 172 Å². The number of amides is 3. The molecule has 0 atom stereocenters. The normalized spacial score (nSPS) is 12.3. The monoisotopic (exact) mass is 411 g/mol. The molecule has 1 aliphatic rings. The van der Waals surface area contributed by atoms with Gasteiger partial charge in [-0.2, -0.15) is 0 Å². The molecule has 0 radical (unpaired) electrons. The largest absolute Gasteiger partial charge is 0.474 e. The van der Waals surface area contributed by atoms with Crippen molar-refractivity contribution in [3.63, 3.8) is 0 Å². The van der Waals surface area contributed by atoms with Crippen LogP contribution in [0.15, 0.2) is 48.5 Å². The Morgan fingerprint density at radius 1 is 0.933 bits per heavy atom. The van der Waals surface area contributed by atoms with Crippen LogP contribution in [-0.4, -0.2) is 41.1 Å². The molecule has 0 saturated carbocycles. The second kappa shape index (κ2) is 8.24. The van der Waals surface area contributed by atoms with Crippen LogP contribution in [0.2, 0.25) is 0 Å². The highest BCUT2D eigenvalue weighted by atomic mass is 16.6. The summed E-state index contributed by atoms with van der Waals surface area (Å²) in [5.41, 5.74) is 6.93. The lowest BCUT2D eigenvalue weighted by Crippen LogP contribution is -2.59. The summed E-state index contributed by atoms with van der Waals surface area (Å²) >= 11 is 0. The Balaban J connectivity index is 1.57. The number of benzene rings is 2. The van der Waals surface area contributed by atoms with E-state index in [-0.39, 0.29) is 12.5 Å².